The highest BCUT2D eigenvalue weighted by Crippen LogP contribution is 2.22. The van der Waals surface area contributed by atoms with Gasteiger partial charge in [0.2, 0.25) is 10.0 Å². The lowest BCUT2D eigenvalue weighted by molar-refractivity contribution is 0.0696. The fourth-order valence-corrected chi connectivity index (χ4v) is 3.12. The van der Waals surface area contributed by atoms with Gasteiger partial charge in [-0.2, -0.15) is 4.31 Å². The molecule has 0 heterocycles. The smallest absolute Gasteiger partial charge is 0.335 e. The maximum atomic E-state index is 12.4. The van der Waals surface area contributed by atoms with Gasteiger partial charge in [0.25, 0.3) is 0 Å². The first-order valence-corrected chi connectivity index (χ1v) is 7.08. The van der Waals surface area contributed by atoms with Crippen LogP contribution >= 0.6 is 0 Å². The molecular weight excluding hydrogens is 270 g/mol. The largest absolute Gasteiger partial charge is 0.478 e. The van der Waals surface area contributed by atoms with E-state index >= 15 is 0 Å². The number of aryl methyl sites for hydroxylation is 1. The third-order valence-corrected chi connectivity index (χ3v) is 5.09. The van der Waals surface area contributed by atoms with Gasteiger partial charge in [-0.3, -0.25) is 0 Å². The van der Waals surface area contributed by atoms with E-state index in [1.807, 2.05) is 0 Å². The average molecular weight is 287 g/mol. The number of nitrogens with zero attached hydrogens (tertiary/aromatic N) is 1. The summed E-state index contributed by atoms with van der Waals surface area (Å²) in [6.45, 7) is 2.84. The molecule has 0 aromatic heterocycles. The molecule has 0 spiro atoms. The predicted octanol–water partition coefficient (Wildman–Crippen LogP) is 0.695. The molecule has 1 rings (SSSR count). The number of rotatable bonds is 5. The van der Waals surface area contributed by atoms with Crippen LogP contribution in [0.1, 0.15) is 22.8 Å². The van der Waals surface area contributed by atoms with E-state index in [1.165, 1.54) is 19.2 Å². The fraction of sp³-hybridized carbons (Fsp3) is 0.417. The number of hydrogen-bond donors (Lipinski definition) is 2. The molecule has 0 saturated heterocycles. The maximum absolute atomic E-state index is 12.4. The van der Waals surface area contributed by atoms with Crippen molar-refractivity contribution < 1.29 is 23.4 Å². The minimum atomic E-state index is -3.83. The Morgan fingerprint density at radius 3 is 2.47 bits per heavy atom. The van der Waals surface area contributed by atoms with Gasteiger partial charge >= 0.3 is 5.97 Å². The molecule has 1 atom stereocenters. The summed E-state index contributed by atoms with van der Waals surface area (Å²) in [5, 5.41) is 17.9. The van der Waals surface area contributed by atoms with Crippen molar-refractivity contribution in [2.24, 2.45) is 0 Å². The standard InChI is InChI=1S/C12H17NO5S/c1-8-4-5-10(12(15)16)6-11(8)19(17,18)13(3)9(2)7-14/h4-6,9,14H,7H2,1-3H3,(H,15,16). The number of sulfonamides is 1. The normalized spacial score (nSPS) is 13.5. The summed E-state index contributed by atoms with van der Waals surface area (Å²) in [6, 6.07) is 3.35. The molecule has 0 fully saturated rings. The van der Waals surface area contributed by atoms with Crippen LogP contribution in [0.5, 0.6) is 0 Å². The van der Waals surface area contributed by atoms with Gasteiger partial charge in [0, 0.05) is 13.1 Å². The third-order valence-electron chi connectivity index (χ3n) is 2.98. The lowest BCUT2D eigenvalue weighted by atomic mass is 10.1. The Hall–Kier alpha value is -1.44. The third kappa shape index (κ3) is 3.12. The molecule has 0 amide bonds. The van der Waals surface area contributed by atoms with Crippen molar-refractivity contribution in [3.8, 4) is 0 Å². The van der Waals surface area contributed by atoms with Crippen LogP contribution in [0.15, 0.2) is 23.1 Å². The zero-order valence-electron chi connectivity index (χ0n) is 11.0. The van der Waals surface area contributed by atoms with Gasteiger partial charge in [-0.15, -0.1) is 0 Å². The number of likely N-dealkylation sites (N-methyl/N-ethyl adjacent to an activating group) is 1. The second kappa shape index (κ2) is 5.68. The first-order chi connectivity index (χ1) is 8.71. The number of carbonyl (C=O) groups is 1. The lowest BCUT2D eigenvalue weighted by Crippen LogP contribution is -2.37. The van der Waals surface area contributed by atoms with Gasteiger partial charge in [0.1, 0.15) is 0 Å². The molecule has 0 aliphatic rings. The van der Waals surface area contributed by atoms with E-state index in [0.717, 1.165) is 10.4 Å². The van der Waals surface area contributed by atoms with E-state index in [-0.39, 0.29) is 17.1 Å². The first-order valence-electron chi connectivity index (χ1n) is 5.64. The maximum Gasteiger partial charge on any atom is 0.335 e. The summed E-state index contributed by atoms with van der Waals surface area (Å²) in [5.41, 5.74) is 0.371. The molecule has 7 heteroatoms. The Labute approximate surface area is 112 Å². The molecule has 6 nitrogen and oxygen atoms in total. The summed E-state index contributed by atoms with van der Waals surface area (Å²) < 4.78 is 25.7. The van der Waals surface area contributed by atoms with Crippen LogP contribution in [0.2, 0.25) is 0 Å². The predicted molar refractivity (Wildman–Crippen MR) is 69.6 cm³/mol. The van der Waals surface area contributed by atoms with E-state index in [9.17, 15) is 13.2 Å². The van der Waals surface area contributed by atoms with E-state index in [4.69, 9.17) is 10.2 Å². The summed E-state index contributed by atoms with van der Waals surface area (Å²) >= 11 is 0. The highest BCUT2D eigenvalue weighted by molar-refractivity contribution is 7.89. The molecule has 0 saturated carbocycles. The summed E-state index contributed by atoms with van der Waals surface area (Å²) in [7, 11) is -2.48. The molecule has 0 radical (unpaired) electrons. The van der Waals surface area contributed by atoms with Crippen molar-refractivity contribution in [3.63, 3.8) is 0 Å². The second-order valence-corrected chi connectivity index (χ2v) is 6.30. The number of carboxylic acids is 1. The molecule has 2 N–H and O–H groups in total. The van der Waals surface area contributed by atoms with Crippen LogP contribution < -0.4 is 0 Å². The van der Waals surface area contributed by atoms with E-state index < -0.39 is 22.0 Å². The van der Waals surface area contributed by atoms with Gasteiger partial charge in [0.05, 0.1) is 17.1 Å². The number of benzene rings is 1. The minimum Gasteiger partial charge on any atom is -0.478 e. The number of hydrogen-bond acceptors (Lipinski definition) is 4. The van der Waals surface area contributed by atoms with Crippen LogP contribution in [-0.4, -0.2) is 48.6 Å². The number of aromatic carboxylic acids is 1. The van der Waals surface area contributed by atoms with Gasteiger partial charge < -0.3 is 10.2 Å². The zero-order valence-corrected chi connectivity index (χ0v) is 11.8. The fourth-order valence-electron chi connectivity index (χ4n) is 1.52. The SMILES string of the molecule is Cc1ccc(C(=O)O)cc1S(=O)(=O)N(C)C(C)CO. The van der Waals surface area contributed by atoms with Gasteiger partial charge in [-0.1, -0.05) is 6.07 Å². The number of carboxylic acid groups (broad SMARTS) is 1. The van der Waals surface area contributed by atoms with Gasteiger partial charge in [-0.25, -0.2) is 13.2 Å². The van der Waals surface area contributed by atoms with Crippen molar-refractivity contribution in [1.29, 1.82) is 0 Å². The van der Waals surface area contributed by atoms with Crippen molar-refractivity contribution in [3.05, 3.63) is 29.3 Å². The molecule has 106 valence electrons. The average Bonchev–Trinajstić information content (AvgIpc) is 2.36. The Morgan fingerprint density at radius 1 is 1.42 bits per heavy atom. The monoisotopic (exact) mass is 287 g/mol. The van der Waals surface area contributed by atoms with E-state index in [1.54, 1.807) is 13.8 Å². The second-order valence-electron chi connectivity index (χ2n) is 4.34. The lowest BCUT2D eigenvalue weighted by Gasteiger charge is -2.23. The Balaban J connectivity index is 3.36. The van der Waals surface area contributed by atoms with Crippen LogP contribution in [0.25, 0.3) is 0 Å². The number of aliphatic hydroxyl groups excluding tert-OH is 1. The molecule has 0 aliphatic heterocycles. The highest BCUT2D eigenvalue weighted by atomic mass is 32.2. The van der Waals surface area contributed by atoms with Crippen LogP contribution in [0, 0.1) is 6.92 Å². The molecule has 0 aliphatic carbocycles. The van der Waals surface area contributed by atoms with Crippen molar-refractivity contribution in [2.75, 3.05) is 13.7 Å². The van der Waals surface area contributed by atoms with Crippen molar-refractivity contribution in [1.82, 2.24) is 4.31 Å². The molecular formula is C12H17NO5S. The highest BCUT2D eigenvalue weighted by Gasteiger charge is 2.27. The van der Waals surface area contributed by atoms with Crippen molar-refractivity contribution in [2.45, 2.75) is 24.8 Å². The Bertz CT molecular complexity index is 582. The molecule has 1 aromatic carbocycles. The topological polar surface area (TPSA) is 94.9 Å². The summed E-state index contributed by atoms with van der Waals surface area (Å²) in [4.78, 5) is 10.8. The molecule has 1 aromatic rings. The Kier molecular flexibility index (Phi) is 4.67. The van der Waals surface area contributed by atoms with Crippen LogP contribution in [0.4, 0.5) is 0 Å². The van der Waals surface area contributed by atoms with Gasteiger partial charge in [0.15, 0.2) is 0 Å². The van der Waals surface area contributed by atoms with Crippen molar-refractivity contribution >= 4 is 16.0 Å². The van der Waals surface area contributed by atoms with Crippen LogP contribution in [-0.2, 0) is 10.0 Å². The summed E-state index contributed by atoms with van der Waals surface area (Å²) in [6.07, 6.45) is 0. The molecule has 0 bridgehead atoms. The van der Waals surface area contributed by atoms with Crippen LogP contribution in [0.3, 0.4) is 0 Å². The van der Waals surface area contributed by atoms with E-state index in [2.05, 4.69) is 0 Å². The van der Waals surface area contributed by atoms with E-state index in [0.29, 0.717) is 5.56 Å². The zero-order chi connectivity index (χ0) is 14.8. The molecule has 1 unspecified atom stereocenters. The summed E-state index contributed by atoms with van der Waals surface area (Å²) in [5.74, 6) is -1.19. The van der Waals surface area contributed by atoms with Gasteiger partial charge in [-0.05, 0) is 31.5 Å². The first kappa shape index (κ1) is 15.6. The Morgan fingerprint density at radius 2 is 2.00 bits per heavy atom. The minimum absolute atomic E-state index is 0.0600. The quantitative estimate of drug-likeness (QED) is 0.831. The number of aliphatic hydroxyl groups is 1. The molecule has 19 heavy (non-hydrogen) atoms.